The van der Waals surface area contributed by atoms with Crippen molar-refractivity contribution in [2.75, 3.05) is 11.5 Å². The van der Waals surface area contributed by atoms with Crippen molar-refractivity contribution in [3.05, 3.63) is 71.3 Å². The molecule has 0 aliphatic rings. The second kappa shape index (κ2) is 8.54. The van der Waals surface area contributed by atoms with Crippen molar-refractivity contribution in [1.29, 1.82) is 0 Å². The van der Waals surface area contributed by atoms with Crippen LogP contribution in [-0.2, 0) is 18.5 Å². The van der Waals surface area contributed by atoms with Gasteiger partial charge in [-0.3, -0.25) is 0 Å². The summed E-state index contributed by atoms with van der Waals surface area (Å²) in [6.07, 6.45) is -15.1. The van der Waals surface area contributed by atoms with Crippen molar-refractivity contribution in [2.24, 2.45) is 0 Å². The van der Waals surface area contributed by atoms with E-state index >= 15 is 0 Å². The van der Waals surface area contributed by atoms with Crippen LogP contribution in [0.25, 0.3) is 0 Å². The third-order valence-electron chi connectivity index (χ3n) is 4.39. The molecular formula is C21H13F9N2O2. The molecule has 34 heavy (non-hydrogen) atoms. The molecule has 0 aliphatic heterocycles. The lowest BCUT2D eigenvalue weighted by Crippen LogP contribution is -2.12. The number of hydrogen-bond acceptors (Lipinski definition) is 4. The first kappa shape index (κ1) is 24.9. The maximum absolute atomic E-state index is 13.5. The van der Waals surface area contributed by atoms with Crippen molar-refractivity contribution in [2.45, 2.75) is 18.5 Å². The fourth-order valence-corrected chi connectivity index (χ4v) is 3.00. The maximum Gasteiger partial charge on any atom is 0.421 e. The van der Waals surface area contributed by atoms with Crippen molar-refractivity contribution < 1.29 is 49.0 Å². The van der Waals surface area contributed by atoms with Crippen LogP contribution in [0.1, 0.15) is 16.7 Å². The van der Waals surface area contributed by atoms with Crippen LogP contribution < -0.4 is 20.9 Å². The Morgan fingerprint density at radius 3 is 1.44 bits per heavy atom. The molecule has 0 unspecified atom stereocenters. The number of nitrogen functional groups attached to an aromatic ring is 2. The highest BCUT2D eigenvalue weighted by atomic mass is 19.4. The van der Waals surface area contributed by atoms with Gasteiger partial charge in [0.15, 0.2) is 0 Å². The van der Waals surface area contributed by atoms with Crippen molar-refractivity contribution in [1.82, 2.24) is 0 Å². The summed E-state index contributed by atoms with van der Waals surface area (Å²) < 4.78 is 131. The fourth-order valence-electron chi connectivity index (χ4n) is 3.00. The maximum atomic E-state index is 13.5. The average molecular weight is 496 g/mol. The van der Waals surface area contributed by atoms with Gasteiger partial charge < -0.3 is 20.9 Å². The zero-order valence-electron chi connectivity index (χ0n) is 16.6. The third kappa shape index (κ3) is 5.24. The molecule has 0 heterocycles. The molecule has 4 nitrogen and oxygen atoms in total. The molecule has 0 amide bonds. The molecule has 182 valence electrons. The lowest BCUT2D eigenvalue weighted by molar-refractivity contribution is -0.139. The molecule has 3 aromatic carbocycles. The molecule has 3 rings (SSSR count). The molecule has 3 aromatic rings. The Kier molecular flexibility index (Phi) is 6.24. The van der Waals surface area contributed by atoms with Gasteiger partial charge in [0.2, 0.25) is 0 Å². The fraction of sp³-hybridized carbons (Fsp3) is 0.143. The smallest absolute Gasteiger partial charge is 0.421 e. The Morgan fingerprint density at radius 1 is 0.529 bits per heavy atom. The summed E-state index contributed by atoms with van der Waals surface area (Å²) in [5, 5.41) is 0. The Hall–Kier alpha value is -3.77. The standard InChI is InChI=1S/C21H13F9N2O2/c22-19(23,24)11-8-7-10(33-14-5-1-3-12(31)17(14)20(25,26)27)9-16(11)34-15-6-2-4-13(32)18(15)21(28,29)30/h1-9H,31-32H2. The summed E-state index contributed by atoms with van der Waals surface area (Å²) in [7, 11) is 0. The van der Waals surface area contributed by atoms with Gasteiger partial charge in [0, 0.05) is 17.4 Å². The molecule has 0 saturated heterocycles. The molecule has 13 heteroatoms. The van der Waals surface area contributed by atoms with E-state index in [1.54, 1.807) is 0 Å². The van der Waals surface area contributed by atoms with Crippen molar-refractivity contribution >= 4 is 11.4 Å². The summed E-state index contributed by atoms with van der Waals surface area (Å²) in [6, 6.07) is 7.15. The zero-order chi connectivity index (χ0) is 25.5. The van der Waals surface area contributed by atoms with Gasteiger partial charge in [0.1, 0.15) is 34.1 Å². The van der Waals surface area contributed by atoms with Crippen molar-refractivity contribution in [3.8, 4) is 23.0 Å². The predicted octanol–water partition coefficient (Wildman–Crippen LogP) is 7.49. The first-order valence-electron chi connectivity index (χ1n) is 9.07. The molecule has 0 fully saturated rings. The second-order valence-corrected chi connectivity index (χ2v) is 6.80. The number of anilines is 2. The van der Waals surface area contributed by atoms with Gasteiger partial charge in [-0.15, -0.1) is 0 Å². The highest BCUT2D eigenvalue weighted by Crippen LogP contribution is 2.46. The molecule has 0 aliphatic carbocycles. The summed E-state index contributed by atoms with van der Waals surface area (Å²) in [6.45, 7) is 0. The minimum absolute atomic E-state index is 0.393. The number of alkyl halides is 9. The molecule has 0 spiro atoms. The molecule has 0 aromatic heterocycles. The van der Waals surface area contributed by atoms with Gasteiger partial charge in [-0.1, -0.05) is 12.1 Å². The van der Waals surface area contributed by atoms with E-state index in [0.29, 0.717) is 18.2 Å². The van der Waals surface area contributed by atoms with Crippen LogP contribution >= 0.6 is 0 Å². The number of nitrogens with two attached hydrogens (primary N) is 2. The Morgan fingerprint density at radius 2 is 1.00 bits per heavy atom. The van der Waals surface area contributed by atoms with Gasteiger partial charge >= 0.3 is 18.5 Å². The van der Waals surface area contributed by atoms with Gasteiger partial charge in [0.05, 0.1) is 5.56 Å². The Bertz CT molecular complexity index is 1200. The van der Waals surface area contributed by atoms with Crippen LogP contribution in [0.4, 0.5) is 50.9 Å². The average Bonchev–Trinajstić information content (AvgIpc) is 2.65. The predicted molar refractivity (Wildman–Crippen MR) is 103 cm³/mol. The first-order valence-corrected chi connectivity index (χ1v) is 9.07. The topological polar surface area (TPSA) is 70.5 Å². The van der Waals surface area contributed by atoms with E-state index in [1.807, 2.05) is 0 Å². The van der Waals surface area contributed by atoms with E-state index in [2.05, 4.69) is 0 Å². The number of hydrogen-bond donors (Lipinski definition) is 2. The molecule has 0 bridgehead atoms. The van der Waals surface area contributed by atoms with Crippen LogP contribution in [-0.4, -0.2) is 0 Å². The van der Waals surface area contributed by atoms with E-state index in [9.17, 15) is 39.5 Å². The zero-order valence-corrected chi connectivity index (χ0v) is 16.6. The highest BCUT2D eigenvalue weighted by Gasteiger charge is 2.40. The van der Waals surface area contributed by atoms with E-state index in [1.165, 1.54) is 0 Å². The summed E-state index contributed by atoms with van der Waals surface area (Å²) in [5.74, 6) is -3.62. The Labute approximate surface area is 185 Å². The molecule has 0 atom stereocenters. The molecule has 0 radical (unpaired) electrons. The number of rotatable bonds is 4. The molecular weight excluding hydrogens is 483 g/mol. The second-order valence-electron chi connectivity index (χ2n) is 6.80. The van der Waals surface area contributed by atoms with Gasteiger partial charge in [-0.05, 0) is 36.4 Å². The van der Waals surface area contributed by atoms with Crippen LogP contribution in [0.2, 0.25) is 0 Å². The lowest BCUT2D eigenvalue weighted by Gasteiger charge is -2.20. The Balaban J connectivity index is 2.11. The van der Waals surface area contributed by atoms with E-state index in [4.69, 9.17) is 20.9 Å². The highest BCUT2D eigenvalue weighted by molar-refractivity contribution is 5.59. The largest absolute Gasteiger partial charge is 0.457 e. The van der Waals surface area contributed by atoms with Crippen LogP contribution in [0, 0.1) is 0 Å². The molecule has 0 saturated carbocycles. The van der Waals surface area contributed by atoms with Crippen LogP contribution in [0.15, 0.2) is 54.6 Å². The SMILES string of the molecule is Nc1cccc(Oc2ccc(C(F)(F)F)c(Oc3cccc(N)c3C(F)(F)F)c2)c1C(F)(F)F. The lowest BCUT2D eigenvalue weighted by atomic mass is 10.1. The summed E-state index contributed by atoms with van der Waals surface area (Å²) in [4.78, 5) is 0. The van der Waals surface area contributed by atoms with Crippen LogP contribution in [0.5, 0.6) is 23.0 Å². The number of halogens is 9. The quantitative estimate of drug-likeness (QED) is 0.290. The number of ether oxygens (including phenoxy) is 2. The summed E-state index contributed by atoms with van der Waals surface area (Å²) in [5.41, 5.74) is 4.76. The number of benzene rings is 3. The first-order chi connectivity index (χ1) is 15.6. The molecule has 4 N–H and O–H groups in total. The minimum atomic E-state index is -5.08. The van der Waals surface area contributed by atoms with Gasteiger partial charge in [-0.2, -0.15) is 39.5 Å². The van der Waals surface area contributed by atoms with Gasteiger partial charge in [-0.25, -0.2) is 0 Å². The minimum Gasteiger partial charge on any atom is -0.457 e. The normalized spacial score (nSPS) is 12.5. The van der Waals surface area contributed by atoms with E-state index in [0.717, 1.165) is 36.4 Å². The summed E-state index contributed by atoms with van der Waals surface area (Å²) >= 11 is 0. The van der Waals surface area contributed by atoms with Gasteiger partial charge in [0.25, 0.3) is 0 Å². The van der Waals surface area contributed by atoms with Crippen molar-refractivity contribution in [3.63, 3.8) is 0 Å². The van der Waals surface area contributed by atoms with Crippen LogP contribution in [0.3, 0.4) is 0 Å². The monoisotopic (exact) mass is 496 g/mol. The third-order valence-corrected chi connectivity index (χ3v) is 4.39. The van der Waals surface area contributed by atoms with E-state index < -0.39 is 69.6 Å². The van der Waals surface area contributed by atoms with E-state index in [-0.39, 0.29) is 0 Å².